The second kappa shape index (κ2) is 5.09. The normalized spacial score (nSPS) is 11.9. The third-order valence-electron chi connectivity index (χ3n) is 1.44. The van der Waals surface area contributed by atoms with E-state index in [0.29, 0.717) is 18.1 Å². The molecule has 0 saturated heterocycles. The van der Waals surface area contributed by atoms with E-state index in [1.165, 1.54) is 0 Å². The molecular formula is C7H10ClNO3S2. The number of hydrogen-bond donors (Lipinski definition) is 1. The number of hydrogen-bond acceptors (Lipinski definition) is 4. The zero-order valence-electron chi connectivity index (χ0n) is 7.27. The van der Waals surface area contributed by atoms with Gasteiger partial charge in [-0.25, -0.2) is 13.6 Å². The number of sulfonamides is 1. The van der Waals surface area contributed by atoms with Gasteiger partial charge >= 0.3 is 0 Å². The van der Waals surface area contributed by atoms with Gasteiger partial charge in [0, 0.05) is 11.4 Å². The maximum atomic E-state index is 11.1. The number of rotatable bonds is 5. The van der Waals surface area contributed by atoms with Gasteiger partial charge in [-0.3, -0.25) is 0 Å². The van der Waals surface area contributed by atoms with Crippen molar-refractivity contribution < 1.29 is 13.2 Å². The van der Waals surface area contributed by atoms with E-state index in [1.54, 1.807) is 11.4 Å². The summed E-state index contributed by atoms with van der Waals surface area (Å²) in [5.74, 6) is 0.384. The molecule has 7 heteroatoms. The fraction of sp³-hybridized carbons (Fsp3) is 0.429. The molecular weight excluding hydrogens is 246 g/mol. The van der Waals surface area contributed by atoms with E-state index in [9.17, 15) is 8.42 Å². The van der Waals surface area contributed by atoms with E-state index in [2.05, 4.69) is 0 Å². The van der Waals surface area contributed by atoms with Crippen molar-refractivity contribution in [1.29, 1.82) is 0 Å². The van der Waals surface area contributed by atoms with Crippen molar-refractivity contribution in [2.75, 3.05) is 12.5 Å². The summed E-state index contributed by atoms with van der Waals surface area (Å²) >= 11 is 6.49. The van der Waals surface area contributed by atoms with Crippen LogP contribution in [0.2, 0.25) is 0 Å². The molecule has 1 rings (SSSR count). The monoisotopic (exact) mass is 255 g/mol. The van der Waals surface area contributed by atoms with Gasteiger partial charge < -0.3 is 4.74 Å². The smallest absolute Gasteiger partial charge is 0.247 e. The lowest BCUT2D eigenvalue weighted by molar-refractivity contribution is 0.134. The van der Waals surface area contributed by atoms with Crippen molar-refractivity contribution in [3.63, 3.8) is 0 Å². The van der Waals surface area contributed by atoms with E-state index in [1.807, 2.05) is 0 Å². The van der Waals surface area contributed by atoms with Crippen molar-refractivity contribution in [3.05, 3.63) is 17.0 Å². The molecule has 0 aliphatic carbocycles. The van der Waals surface area contributed by atoms with Crippen molar-refractivity contribution in [2.24, 2.45) is 5.14 Å². The van der Waals surface area contributed by atoms with Gasteiger partial charge in [-0.05, 0) is 11.4 Å². The zero-order valence-corrected chi connectivity index (χ0v) is 9.66. The number of halogens is 1. The lowest BCUT2D eigenvalue weighted by atomic mass is 10.4. The van der Waals surface area contributed by atoms with E-state index < -0.39 is 10.0 Å². The second-order valence-electron chi connectivity index (χ2n) is 2.52. The Balaban J connectivity index is 2.74. The quantitative estimate of drug-likeness (QED) is 0.634. The highest BCUT2D eigenvalue weighted by Crippen LogP contribution is 2.21. The Labute approximate surface area is 91.7 Å². The van der Waals surface area contributed by atoms with Crippen LogP contribution in [0.15, 0.2) is 15.7 Å². The van der Waals surface area contributed by atoms with Crippen molar-refractivity contribution in [2.45, 2.75) is 10.8 Å². The number of thiophene rings is 1. The van der Waals surface area contributed by atoms with Gasteiger partial charge in [0.2, 0.25) is 10.0 Å². The predicted octanol–water partition coefficient (Wildman–Crippen LogP) is 1.15. The molecule has 2 N–H and O–H groups in total. The van der Waals surface area contributed by atoms with Gasteiger partial charge in [-0.15, -0.1) is 22.9 Å². The molecule has 1 aromatic heterocycles. The van der Waals surface area contributed by atoms with Crippen LogP contribution in [0.5, 0.6) is 0 Å². The molecule has 0 bridgehead atoms. The lowest BCUT2D eigenvalue weighted by Crippen LogP contribution is -2.12. The van der Waals surface area contributed by atoms with E-state index in [4.69, 9.17) is 21.5 Å². The largest absolute Gasteiger partial charge is 0.375 e. The predicted molar refractivity (Wildman–Crippen MR) is 56.1 cm³/mol. The molecule has 0 radical (unpaired) electrons. The Morgan fingerprint density at radius 3 is 2.86 bits per heavy atom. The van der Waals surface area contributed by atoms with Crippen LogP contribution in [0.1, 0.15) is 5.56 Å². The van der Waals surface area contributed by atoms with Crippen LogP contribution in [0.3, 0.4) is 0 Å². The Morgan fingerprint density at radius 1 is 1.57 bits per heavy atom. The first-order chi connectivity index (χ1) is 6.55. The van der Waals surface area contributed by atoms with Crippen LogP contribution >= 0.6 is 22.9 Å². The van der Waals surface area contributed by atoms with Crippen molar-refractivity contribution in [3.8, 4) is 0 Å². The topological polar surface area (TPSA) is 69.4 Å². The van der Waals surface area contributed by atoms with Crippen LogP contribution in [0.25, 0.3) is 0 Å². The third-order valence-corrected chi connectivity index (χ3v) is 4.11. The molecule has 1 aromatic rings. The molecule has 0 fully saturated rings. The van der Waals surface area contributed by atoms with Gasteiger partial charge in [0.15, 0.2) is 0 Å². The minimum Gasteiger partial charge on any atom is -0.375 e. The van der Waals surface area contributed by atoms with E-state index in [0.717, 1.165) is 11.3 Å². The van der Waals surface area contributed by atoms with Gasteiger partial charge in [-0.2, -0.15) is 0 Å². The fourth-order valence-corrected chi connectivity index (χ4v) is 2.85. The molecule has 0 unspecified atom stereocenters. The van der Waals surface area contributed by atoms with Gasteiger partial charge in [-0.1, -0.05) is 0 Å². The van der Waals surface area contributed by atoms with Crippen LogP contribution in [-0.2, 0) is 21.4 Å². The summed E-state index contributed by atoms with van der Waals surface area (Å²) in [6, 6.07) is 1.68. The molecule has 0 aromatic carbocycles. The summed E-state index contributed by atoms with van der Waals surface area (Å²) in [6.45, 7) is 0.615. The van der Waals surface area contributed by atoms with Crippen LogP contribution in [0.4, 0.5) is 0 Å². The maximum absolute atomic E-state index is 11.1. The summed E-state index contributed by atoms with van der Waals surface area (Å²) in [7, 11) is -3.62. The highest BCUT2D eigenvalue weighted by molar-refractivity contribution is 7.91. The summed E-state index contributed by atoms with van der Waals surface area (Å²) in [5, 5.41) is 6.67. The van der Waals surface area contributed by atoms with Crippen LogP contribution in [0, 0.1) is 0 Å². The molecule has 0 spiro atoms. The first kappa shape index (κ1) is 11.9. The molecule has 0 aliphatic heterocycles. The Bertz CT molecular complexity index is 387. The molecule has 4 nitrogen and oxygen atoms in total. The second-order valence-corrected chi connectivity index (χ2v) is 5.57. The number of nitrogens with two attached hydrogens (primary N) is 1. The third kappa shape index (κ3) is 3.21. The number of primary sulfonamides is 1. The fourth-order valence-electron chi connectivity index (χ4n) is 0.915. The molecule has 0 aliphatic rings. The molecule has 1 heterocycles. The standard InChI is InChI=1S/C7H10ClNO3S2/c8-2-3-12-5-6-1-4-13-7(6)14(9,10)11/h1,4H,2-3,5H2,(H2,9,10,11). The Kier molecular flexibility index (Phi) is 4.33. The zero-order chi connectivity index (χ0) is 10.6. The number of alkyl halides is 1. The van der Waals surface area contributed by atoms with E-state index >= 15 is 0 Å². The van der Waals surface area contributed by atoms with Crippen molar-refractivity contribution >= 4 is 33.0 Å². The first-order valence-corrected chi connectivity index (χ1v) is 6.74. The molecule has 14 heavy (non-hydrogen) atoms. The van der Waals surface area contributed by atoms with Crippen LogP contribution in [-0.4, -0.2) is 20.9 Å². The number of ether oxygens (including phenoxy) is 1. The first-order valence-electron chi connectivity index (χ1n) is 3.78. The van der Waals surface area contributed by atoms with E-state index in [-0.39, 0.29) is 10.8 Å². The average molecular weight is 256 g/mol. The molecule has 0 atom stereocenters. The SMILES string of the molecule is NS(=O)(=O)c1sccc1COCCCl. The van der Waals surface area contributed by atoms with Crippen molar-refractivity contribution in [1.82, 2.24) is 0 Å². The highest BCUT2D eigenvalue weighted by Gasteiger charge is 2.15. The summed E-state index contributed by atoms with van der Waals surface area (Å²) in [5.41, 5.74) is 0.586. The summed E-state index contributed by atoms with van der Waals surface area (Å²) in [6.07, 6.45) is 0. The molecule has 0 saturated carbocycles. The van der Waals surface area contributed by atoms with Gasteiger partial charge in [0.1, 0.15) is 4.21 Å². The maximum Gasteiger partial charge on any atom is 0.247 e. The molecule has 0 amide bonds. The minimum absolute atomic E-state index is 0.159. The van der Waals surface area contributed by atoms with Gasteiger partial charge in [0.05, 0.1) is 13.2 Å². The minimum atomic E-state index is -3.62. The highest BCUT2D eigenvalue weighted by atomic mass is 35.5. The lowest BCUT2D eigenvalue weighted by Gasteiger charge is -2.02. The van der Waals surface area contributed by atoms with Crippen LogP contribution < -0.4 is 5.14 Å². The Hall–Kier alpha value is -0.140. The summed E-state index contributed by atoms with van der Waals surface area (Å²) < 4.78 is 27.4. The average Bonchev–Trinajstić information content (AvgIpc) is 2.52. The Morgan fingerprint density at radius 2 is 2.29 bits per heavy atom. The van der Waals surface area contributed by atoms with Gasteiger partial charge in [0.25, 0.3) is 0 Å². The molecule has 80 valence electrons. The summed E-state index contributed by atoms with van der Waals surface area (Å²) in [4.78, 5) is 0.